The van der Waals surface area contributed by atoms with Crippen LogP contribution in [0.5, 0.6) is 0 Å². The number of halogens is 1. The molecule has 0 radical (unpaired) electrons. The standard InChI is InChI=1S/C19H17FN2/c1-22(2)17-12-10-15(11-13-17)6-5-7-16(14-21)18-8-3-4-9-19(18)20/h3-13H,1-2H3/b6-5+,16-7-. The topological polar surface area (TPSA) is 27.0 Å². The van der Waals surface area contributed by atoms with Gasteiger partial charge in [-0.05, 0) is 29.8 Å². The lowest BCUT2D eigenvalue weighted by Gasteiger charge is -2.11. The van der Waals surface area contributed by atoms with Gasteiger partial charge in [0.15, 0.2) is 0 Å². The Bertz CT molecular complexity index is 735. The van der Waals surface area contributed by atoms with Crippen molar-refractivity contribution < 1.29 is 4.39 Å². The second-order valence-electron chi connectivity index (χ2n) is 5.02. The molecule has 0 aliphatic heterocycles. The number of allylic oxidation sites excluding steroid dienone is 3. The van der Waals surface area contributed by atoms with Gasteiger partial charge in [-0.15, -0.1) is 0 Å². The molecule has 0 aliphatic carbocycles. The first-order valence-electron chi connectivity index (χ1n) is 6.92. The SMILES string of the molecule is CN(C)c1ccc(/C=C/C=C(/C#N)c2ccccc2F)cc1. The Labute approximate surface area is 130 Å². The predicted molar refractivity (Wildman–Crippen MR) is 89.8 cm³/mol. The molecule has 0 spiro atoms. The highest BCUT2D eigenvalue weighted by molar-refractivity contribution is 5.79. The minimum absolute atomic E-state index is 0.305. The Morgan fingerprint density at radius 2 is 1.77 bits per heavy atom. The molecule has 0 bridgehead atoms. The van der Waals surface area contributed by atoms with Gasteiger partial charge in [-0.25, -0.2) is 4.39 Å². The molecular formula is C19H17FN2. The van der Waals surface area contributed by atoms with E-state index in [0.717, 1.165) is 11.3 Å². The molecule has 0 heterocycles. The third-order valence-electron chi connectivity index (χ3n) is 3.25. The summed E-state index contributed by atoms with van der Waals surface area (Å²) < 4.78 is 13.7. The van der Waals surface area contributed by atoms with Crippen LogP contribution < -0.4 is 4.90 Å². The molecule has 0 aromatic heterocycles. The van der Waals surface area contributed by atoms with Crippen molar-refractivity contribution in [2.45, 2.75) is 0 Å². The molecule has 0 fully saturated rings. The molecule has 0 saturated heterocycles. The third-order valence-corrected chi connectivity index (χ3v) is 3.25. The van der Waals surface area contributed by atoms with Crippen molar-refractivity contribution >= 4 is 17.3 Å². The summed E-state index contributed by atoms with van der Waals surface area (Å²) in [6, 6.07) is 16.3. The van der Waals surface area contributed by atoms with Crippen LogP contribution in [-0.2, 0) is 0 Å². The normalized spacial score (nSPS) is 11.5. The average Bonchev–Trinajstić information content (AvgIpc) is 2.53. The summed E-state index contributed by atoms with van der Waals surface area (Å²) in [6.07, 6.45) is 5.27. The number of rotatable bonds is 4. The van der Waals surface area contributed by atoms with E-state index >= 15 is 0 Å². The van der Waals surface area contributed by atoms with Gasteiger partial charge in [-0.3, -0.25) is 0 Å². The Morgan fingerprint density at radius 1 is 1.09 bits per heavy atom. The minimum atomic E-state index is -0.390. The minimum Gasteiger partial charge on any atom is -0.378 e. The zero-order valence-corrected chi connectivity index (χ0v) is 12.6. The van der Waals surface area contributed by atoms with Gasteiger partial charge in [0.1, 0.15) is 5.82 Å². The van der Waals surface area contributed by atoms with Crippen LogP contribution in [0.3, 0.4) is 0 Å². The molecule has 0 atom stereocenters. The number of hydrogen-bond donors (Lipinski definition) is 0. The van der Waals surface area contributed by atoms with E-state index in [2.05, 4.69) is 0 Å². The molecular weight excluding hydrogens is 275 g/mol. The summed E-state index contributed by atoms with van der Waals surface area (Å²) in [5.74, 6) is -0.390. The highest BCUT2D eigenvalue weighted by atomic mass is 19.1. The summed E-state index contributed by atoms with van der Waals surface area (Å²) in [5.41, 5.74) is 2.77. The van der Waals surface area contributed by atoms with Gasteiger partial charge in [-0.2, -0.15) is 5.26 Å². The Kier molecular flexibility index (Phi) is 5.11. The lowest BCUT2D eigenvalue weighted by Crippen LogP contribution is -2.07. The van der Waals surface area contributed by atoms with E-state index in [4.69, 9.17) is 0 Å². The van der Waals surface area contributed by atoms with Crippen molar-refractivity contribution in [2.75, 3.05) is 19.0 Å². The lowest BCUT2D eigenvalue weighted by atomic mass is 10.1. The van der Waals surface area contributed by atoms with Crippen LogP contribution in [0.4, 0.5) is 10.1 Å². The van der Waals surface area contributed by atoms with Crippen molar-refractivity contribution in [3.8, 4) is 6.07 Å². The fourth-order valence-corrected chi connectivity index (χ4v) is 2.01. The molecule has 0 aliphatic rings. The summed E-state index contributed by atoms with van der Waals surface area (Å²) >= 11 is 0. The van der Waals surface area contributed by atoms with Crippen LogP contribution in [0.2, 0.25) is 0 Å². The van der Waals surface area contributed by atoms with E-state index in [1.807, 2.05) is 55.4 Å². The Morgan fingerprint density at radius 3 is 2.36 bits per heavy atom. The second kappa shape index (κ2) is 7.24. The highest BCUT2D eigenvalue weighted by Crippen LogP contribution is 2.18. The van der Waals surface area contributed by atoms with Crippen LogP contribution in [0.1, 0.15) is 11.1 Å². The fourth-order valence-electron chi connectivity index (χ4n) is 2.01. The third kappa shape index (κ3) is 3.83. The summed E-state index contributed by atoms with van der Waals surface area (Å²) in [7, 11) is 3.97. The maximum absolute atomic E-state index is 13.7. The summed E-state index contributed by atoms with van der Waals surface area (Å²) in [5, 5.41) is 9.17. The average molecular weight is 292 g/mol. The first-order chi connectivity index (χ1) is 10.6. The van der Waals surface area contributed by atoms with E-state index in [-0.39, 0.29) is 5.82 Å². The maximum Gasteiger partial charge on any atom is 0.131 e. The quantitative estimate of drug-likeness (QED) is 0.612. The number of anilines is 1. The molecule has 2 rings (SSSR count). The lowest BCUT2D eigenvalue weighted by molar-refractivity contribution is 0.624. The smallest absolute Gasteiger partial charge is 0.131 e. The molecule has 0 amide bonds. The molecule has 0 unspecified atom stereocenters. The van der Waals surface area contributed by atoms with Crippen molar-refractivity contribution in [3.63, 3.8) is 0 Å². The van der Waals surface area contributed by atoms with Crippen molar-refractivity contribution in [3.05, 3.63) is 77.6 Å². The van der Waals surface area contributed by atoms with Gasteiger partial charge in [0, 0.05) is 25.3 Å². The van der Waals surface area contributed by atoms with Gasteiger partial charge in [-0.1, -0.05) is 42.5 Å². The van der Waals surface area contributed by atoms with E-state index in [0.29, 0.717) is 11.1 Å². The fraction of sp³-hybridized carbons (Fsp3) is 0.105. The predicted octanol–water partition coefficient (Wildman–Crippen LogP) is 4.51. The zero-order chi connectivity index (χ0) is 15.9. The Hall–Kier alpha value is -2.86. The Balaban J connectivity index is 2.19. The van der Waals surface area contributed by atoms with Crippen LogP contribution in [0, 0.1) is 17.1 Å². The van der Waals surface area contributed by atoms with Crippen LogP contribution in [0.25, 0.3) is 11.6 Å². The second-order valence-corrected chi connectivity index (χ2v) is 5.02. The van der Waals surface area contributed by atoms with Gasteiger partial charge in [0.05, 0.1) is 11.6 Å². The van der Waals surface area contributed by atoms with Crippen LogP contribution in [0.15, 0.2) is 60.7 Å². The molecule has 0 N–H and O–H groups in total. The van der Waals surface area contributed by atoms with Crippen molar-refractivity contribution in [2.24, 2.45) is 0 Å². The largest absolute Gasteiger partial charge is 0.378 e. The monoisotopic (exact) mass is 292 g/mol. The molecule has 2 aromatic carbocycles. The van der Waals surface area contributed by atoms with Gasteiger partial charge in [0.2, 0.25) is 0 Å². The van der Waals surface area contributed by atoms with Crippen LogP contribution >= 0.6 is 0 Å². The maximum atomic E-state index is 13.7. The number of hydrogen-bond acceptors (Lipinski definition) is 2. The summed E-state index contributed by atoms with van der Waals surface area (Å²) in [4.78, 5) is 2.03. The molecule has 0 saturated carbocycles. The number of nitrogens with zero attached hydrogens (tertiary/aromatic N) is 2. The molecule has 2 aromatic rings. The van der Waals surface area contributed by atoms with E-state index in [9.17, 15) is 9.65 Å². The van der Waals surface area contributed by atoms with E-state index in [1.54, 1.807) is 30.4 Å². The molecule has 110 valence electrons. The van der Waals surface area contributed by atoms with E-state index in [1.165, 1.54) is 6.07 Å². The highest BCUT2D eigenvalue weighted by Gasteiger charge is 2.04. The van der Waals surface area contributed by atoms with E-state index < -0.39 is 0 Å². The molecule has 3 heteroatoms. The zero-order valence-electron chi connectivity index (χ0n) is 12.6. The van der Waals surface area contributed by atoms with Crippen molar-refractivity contribution in [1.29, 1.82) is 5.26 Å². The van der Waals surface area contributed by atoms with Crippen molar-refractivity contribution in [1.82, 2.24) is 0 Å². The van der Waals surface area contributed by atoms with Gasteiger partial charge < -0.3 is 4.90 Å². The van der Waals surface area contributed by atoms with Crippen LogP contribution in [-0.4, -0.2) is 14.1 Å². The first kappa shape index (κ1) is 15.5. The van der Waals surface area contributed by atoms with Gasteiger partial charge >= 0.3 is 0 Å². The number of nitriles is 1. The molecule has 22 heavy (non-hydrogen) atoms. The molecule has 2 nitrogen and oxygen atoms in total. The first-order valence-corrected chi connectivity index (χ1v) is 6.92. The van der Waals surface area contributed by atoms with Gasteiger partial charge in [0.25, 0.3) is 0 Å². The number of benzene rings is 2. The summed E-state index contributed by atoms with van der Waals surface area (Å²) in [6.45, 7) is 0.